The van der Waals surface area contributed by atoms with Gasteiger partial charge in [0.2, 0.25) is 0 Å². The summed E-state index contributed by atoms with van der Waals surface area (Å²) < 4.78 is 42.9. The van der Waals surface area contributed by atoms with Crippen molar-refractivity contribution in [3.05, 3.63) is 70.8 Å². The predicted molar refractivity (Wildman–Crippen MR) is 114 cm³/mol. The van der Waals surface area contributed by atoms with Crippen LogP contribution in [0.25, 0.3) is 0 Å². The number of carbonyl (C=O) groups is 2. The molecule has 1 N–H and O–H groups in total. The van der Waals surface area contributed by atoms with Crippen LogP contribution in [-0.2, 0) is 6.18 Å². The Bertz CT molecular complexity index is 967. The van der Waals surface area contributed by atoms with Crippen LogP contribution < -0.4 is 4.72 Å². The maximum absolute atomic E-state index is 13.4. The Balaban J connectivity index is 1.44. The molecule has 0 unspecified atom stereocenters. The number of likely N-dealkylation sites (tertiary alicyclic amines) is 1. The number of nitrogens with one attached hydrogen (secondary N) is 1. The fourth-order valence-electron chi connectivity index (χ4n) is 3.92. The molecule has 0 atom stereocenters. The van der Waals surface area contributed by atoms with E-state index >= 15 is 0 Å². The largest absolute Gasteiger partial charge is 0.416 e. The highest BCUT2D eigenvalue weighted by Crippen LogP contribution is 2.39. The molecule has 2 amide bonds. The molecule has 4 nitrogen and oxygen atoms in total. The molecular weight excluding hydrogens is 425 g/mol. The van der Waals surface area contributed by atoms with Gasteiger partial charge in [-0.25, -0.2) is 0 Å². The fourth-order valence-corrected chi connectivity index (χ4v) is 4.68. The number of hydrogen-bond donors (Lipinski definition) is 1. The molecule has 0 bridgehead atoms. The van der Waals surface area contributed by atoms with Crippen LogP contribution in [-0.4, -0.2) is 35.1 Å². The van der Waals surface area contributed by atoms with Gasteiger partial charge in [-0.1, -0.05) is 30.3 Å². The lowest BCUT2D eigenvalue weighted by Gasteiger charge is -2.33. The van der Waals surface area contributed by atoms with Gasteiger partial charge in [0.25, 0.3) is 11.8 Å². The zero-order valence-electron chi connectivity index (χ0n) is 16.8. The Labute approximate surface area is 183 Å². The van der Waals surface area contributed by atoms with Crippen molar-refractivity contribution in [1.29, 1.82) is 0 Å². The summed E-state index contributed by atoms with van der Waals surface area (Å²) in [5.74, 6) is -0.810. The summed E-state index contributed by atoms with van der Waals surface area (Å²) >= 11 is 1.39. The van der Waals surface area contributed by atoms with Gasteiger partial charge in [-0.05, 0) is 67.3 Å². The Kier molecular flexibility index (Phi) is 6.27. The summed E-state index contributed by atoms with van der Waals surface area (Å²) in [7, 11) is 0. The average molecular weight is 449 g/mol. The molecule has 1 saturated heterocycles. The minimum absolute atomic E-state index is 0.254. The number of amides is 2. The number of halogens is 3. The van der Waals surface area contributed by atoms with Crippen LogP contribution in [0, 0.1) is 0 Å². The summed E-state index contributed by atoms with van der Waals surface area (Å²) in [6, 6.07) is 12.3. The third kappa shape index (κ3) is 5.06. The van der Waals surface area contributed by atoms with Crippen molar-refractivity contribution < 1.29 is 22.8 Å². The third-order valence-electron chi connectivity index (χ3n) is 5.73. The Morgan fingerprint density at radius 2 is 1.52 bits per heavy atom. The summed E-state index contributed by atoms with van der Waals surface area (Å²) in [5, 5.41) is 0.449. The number of rotatable bonds is 5. The van der Waals surface area contributed by atoms with Crippen LogP contribution >= 0.6 is 11.9 Å². The molecule has 2 aliphatic rings. The van der Waals surface area contributed by atoms with E-state index in [0.29, 0.717) is 47.9 Å². The van der Waals surface area contributed by atoms with E-state index in [1.165, 1.54) is 24.1 Å². The molecule has 164 valence electrons. The molecule has 31 heavy (non-hydrogen) atoms. The number of hydrogen-bond acceptors (Lipinski definition) is 3. The molecule has 1 saturated carbocycles. The van der Waals surface area contributed by atoms with Gasteiger partial charge in [0.1, 0.15) is 0 Å². The first-order valence-corrected chi connectivity index (χ1v) is 11.2. The predicted octanol–water partition coefficient (Wildman–Crippen LogP) is 5.27. The first-order chi connectivity index (χ1) is 14.8. The second-order valence-electron chi connectivity index (χ2n) is 7.95. The Hall–Kier alpha value is -2.48. The van der Waals surface area contributed by atoms with Crippen molar-refractivity contribution in [2.24, 2.45) is 0 Å². The van der Waals surface area contributed by atoms with E-state index in [1.807, 2.05) is 0 Å². The monoisotopic (exact) mass is 448 g/mol. The minimum Gasteiger partial charge on any atom is -0.339 e. The van der Waals surface area contributed by atoms with Crippen molar-refractivity contribution in [2.75, 3.05) is 13.1 Å². The molecular formula is C23H23F3N2O2S. The normalized spacial score (nSPS) is 17.5. The van der Waals surface area contributed by atoms with Crippen LogP contribution in [0.1, 0.15) is 63.4 Å². The highest BCUT2D eigenvalue weighted by atomic mass is 32.2. The van der Waals surface area contributed by atoms with Gasteiger partial charge >= 0.3 is 6.18 Å². The summed E-state index contributed by atoms with van der Waals surface area (Å²) in [5.41, 5.74) is 0.338. The van der Waals surface area contributed by atoms with E-state index in [-0.39, 0.29) is 17.7 Å². The van der Waals surface area contributed by atoms with Crippen molar-refractivity contribution in [2.45, 2.75) is 43.0 Å². The van der Waals surface area contributed by atoms with E-state index in [0.717, 1.165) is 18.9 Å². The van der Waals surface area contributed by atoms with Crippen LogP contribution in [0.5, 0.6) is 0 Å². The molecule has 0 radical (unpaired) electrons. The topological polar surface area (TPSA) is 49.4 Å². The minimum atomic E-state index is -4.39. The quantitative estimate of drug-likeness (QED) is 0.635. The number of nitrogens with zero attached hydrogens (tertiary/aromatic N) is 1. The average Bonchev–Trinajstić information content (AvgIpc) is 3.61. The maximum atomic E-state index is 13.4. The highest BCUT2D eigenvalue weighted by Gasteiger charge is 2.36. The first-order valence-electron chi connectivity index (χ1n) is 10.3. The fraction of sp³-hybridized carbons (Fsp3) is 0.391. The summed E-state index contributed by atoms with van der Waals surface area (Å²) in [6.07, 6.45) is -1.33. The smallest absolute Gasteiger partial charge is 0.339 e. The van der Waals surface area contributed by atoms with Crippen molar-refractivity contribution >= 4 is 23.8 Å². The third-order valence-corrected chi connectivity index (χ3v) is 6.84. The standard InChI is InChI=1S/C23H23F3N2O2S/c24-23(25,26)20-8-4-3-5-17(20)15-11-13-28(14-12-15)22(30)19-7-2-1-6-18(19)21(29)27-31-16-9-10-16/h1-8,15-16H,9-14H2,(H,27,29). The van der Waals surface area contributed by atoms with E-state index < -0.39 is 11.7 Å². The van der Waals surface area contributed by atoms with E-state index in [4.69, 9.17) is 0 Å². The molecule has 0 spiro atoms. The zero-order chi connectivity index (χ0) is 22.0. The Morgan fingerprint density at radius 1 is 0.903 bits per heavy atom. The van der Waals surface area contributed by atoms with Crippen LogP contribution in [0.4, 0.5) is 13.2 Å². The van der Waals surface area contributed by atoms with Crippen molar-refractivity contribution in [1.82, 2.24) is 9.62 Å². The van der Waals surface area contributed by atoms with Gasteiger partial charge in [0.15, 0.2) is 0 Å². The number of benzene rings is 2. The Morgan fingerprint density at radius 3 is 2.16 bits per heavy atom. The number of alkyl halides is 3. The first kappa shape index (κ1) is 21.7. The van der Waals surface area contributed by atoms with E-state index in [9.17, 15) is 22.8 Å². The zero-order valence-corrected chi connectivity index (χ0v) is 17.6. The number of carbonyl (C=O) groups excluding carboxylic acids is 2. The highest BCUT2D eigenvalue weighted by molar-refractivity contribution is 7.98. The second kappa shape index (κ2) is 8.94. The maximum Gasteiger partial charge on any atom is 0.416 e. The van der Waals surface area contributed by atoms with Crippen molar-refractivity contribution in [3.63, 3.8) is 0 Å². The van der Waals surface area contributed by atoms with Gasteiger partial charge < -0.3 is 4.90 Å². The lowest BCUT2D eigenvalue weighted by atomic mass is 9.86. The van der Waals surface area contributed by atoms with Gasteiger partial charge in [0, 0.05) is 18.3 Å². The molecule has 2 aromatic carbocycles. The van der Waals surface area contributed by atoms with Gasteiger partial charge in [-0.3, -0.25) is 14.3 Å². The van der Waals surface area contributed by atoms with Gasteiger partial charge in [-0.2, -0.15) is 13.2 Å². The van der Waals surface area contributed by atoms with Crippen LogP contribution in [0.2, 0.25) is 0 Å². The van der Waals surface area contributed by atoms with E-state index in [2.05, 4.69) is 4.72 Å². The molecule has 1 aliphatic carbocycles. The summed E-state index contributed by atoms with van der Waals surface area (Å²) in [6.45, 7) is 0.699. The molecule has 8 heteroatoms. The molecule has 1 aliphatic heterocycles. The SMILES string of the molecule is O=C(NSC1CC1)c1ccccc1C(=O)N1CCC(c2ccccc2C(F)(F)F)CC1. The molecule has 2 fully saturated rings. The van der Waals surface area contributed by atoms with Crippen LogP contribution in [0.3, 0.4) is 0 Å². The molecule has 0 aromatic heterocycles. The second-order valence-corrected chi connectivity index (χ2v) is 9.05. The van der Waals surface area contributed by atoms with E-state index in [1.54, 1.807) is 35.2 Å². The number of piperidine rings is 1. The molecule has 2 aromatic rings. The van der Waals surface area contributed by atoms with Crippen LogP contribution in [0.15, 0.2) is 48.5 Å². The lowest BCUT2D eigenvalue weighted by molar-refractivity contribution is -0.138. The van der Waals surface area contributed by atoms with Crippen molar-refractivity contribution in [3.8, 4) is 0 Å². The van der Waals surface area contributed by atoms with Gasteiger partial charge in [0.05, 0.1) is 16.7 Å². The molecule has 1 heterocycles. The lowest BCUT2D eigenvalue weighted by Crippen LogP contribution is -2.39. The van der Waals surface area contributed by atoms with Gasteiger partial charge in [-0.15, -0.1) is 0 Å². The summed E-state index contributed by atoms with van der Waals surface area (Å²) in [4.78, 5) is 27.3. The molecule has 4 rings (SSSR count).